The maximum atomic E-state index is 13.3. The lowest BCUT2D eigenvalue weighted by molar-refractivity contribution is -0.116. The standard InChI is InChI=1S/C21H24N2OS3/c1-3-22(4-2)21(25)27-15-20(24)23-17-12-8-9-13-19(17)26-14-18(23)16-10-6-5-7-11-16/h5-13,18H,3-4,14-15H2,1-2H3/t18-/m1/s1. The highest BCUT2D eigenvalue weighted by Crippen LogP contribution is 2.43. The van der Waals surface area contributed by atoms with Gasteiger partial charge in [-0.1, -0.05) is 66.4 Å². The number of hydrogen-bond acceptors (Lipinski definition) is 4. The lowest BCUT2D eigenvalue weighted by Crippen LogP contribution is -2.40. The highest BCUT2D eigenvalue weighted by atomic mass is 32.2. The molecule has 1 heterocycles. The van der Waals surface area contributed by atoms with Crippen LogP contribution >= 0.6 is 35.7 Å². The Labute approximate surface area is 175 Å². The maximum Gasteiger partial charge on any atom is 0.238 e. The van der Waals surface area contributed by atoms with Crippen LogP contribution in [0.4, 0.5) is 5.69 Å². The summed E-state index contributed by atoms with van der Waals surface area (Å²) in [4.78, 5) is 18.5. The third kappa shape index (κ3) is 4.68. The van der Waals surface area contributed by atoms with Crippen LogP contribution in [0.15, 0.2) is 59.5 Å². The van der Waals surface area contributed by atoms with E-state index < -0.39 is 0 Å². The Morgan fingerprint density at radius 2 is 1.81 bits per heavy atom. The van der Waals surface area contributed by atoms with Crippen molar-refractivity contribution in [1.29, 1.82) is 0 Å². The monoisotopic (exact) mass is 416 g/mol. The van der Waals surface area contributed by atoms with Crippen molar-refractivity contribution in [2.45, 2.75) is 24.8 Å². The van der Waals surface area contributed by atoms with Crippen LogP contribution in [0.5, 0.6) is 0 Å². The fourth-order valence-electron chi connectivity index (χ4n) is 3.18. The minimum Gasteiger partial charge on any atom is -0.358 e. The first-order valence-corrected chi connectivity index (χ1v) is 11.5. The average Bonchev–Trinajstić information content (AvgIpc) is 2.72. The number of benzene rings is 2. The molecule has 0 saturated carbocycles. The minimum absolute atomic E-state index is 0.0428. The maximum absolute atomic E-state index is 13.3. The van der Waals surface area contributed by atoms with Crippen LogP contribution in [-0.4, -0.2) is 39.7 Å². The van der Waals surface area contributed by atoms with E-state index >= 15 is 0 Å². The van der Waals surface area contributed by atoms with Crippen molar-refractivity contribution in [2.24, 2.45) is 0 Å². The quantitative estimate of drug-likeness (QED) is 0.622. The van der Waals surface area contributed by atoms with Crippen molar-refractivity contribution >= 4 is 51.7 Å². The van der Waals surface area contributed by atoms with Gasteiger partial charge in [0.2, 0.25) is 5.91 Å². The predicted octanol–water partition coefficient (Wildman–Crippen LogP) is 5.23. The molecular weight excluding hydrogens is 392 g/mol. The van der Waals surface area contributed by atoms with Gasteiger partial charge in [-0.25, -0.2) is 0 Å². The van der Waals surface area contributed by atoms with E-state index in [-0.39, 0.29) is 11.9 Å². The largest absolute Gasteiger partial charge is 0.358 e. The molecule has 0 unspecified atom stereocenters. The van der Waals surface area contributed by atoms with Gasteiger partial charge in [0.15, 0.2) is 0 Å². The van der Waals surface area contributed by atoms with Crippen LogP contribution in [0, 0.1) is 0 Å². The summed E-state index contributed by atoms with van der Waals surface area (Å²) in [5.74, 6) is 1.33. The lowest BCUT2D eigenvalue weighted by Gasteiger charge is -2.37. The second-order valence-corrected chi connectivity index (χ2v) is 8.87. The van der Waals surface area contributed by atoms with Crippen LogP contribution < -0.4 is 4.90 Å². The summed E-state index contributed by atoms with van der Waals surface area (Å²) in [5, 5.41) is 0. The SMILES string of the molecule is CCN(CC)C(=S)SCC(=O)N1c2ccccc2SC[C@@H]1c1ccccc1. The molecule has 6 heteroatoms. The molecule has 0 saturated heterocycles. The van der Waals surface area contributed by atoms with Gasteiger partial charge in [-0.05, 0) is 31.5 Å². The van der Waals surface area contributed by atoms with Crippen molar-refractivity contribution in [3.05, 3.63) is 60.2 Å². The van der Waals surface area contributed by atoms with E-state index in [1.54, 1.807) is 0 Å². The number of para-hydroxylation sites is 1. The number of anilines is 1. The number of carbonyl (C=O) groups is 1. The first kappa shape index (κ1) is 20.2. The fourth-order valence-corrected chi connectivity index (χ4v) is 5.61. The van der Waals surface area contributed by atoms with Gasteiger partial charge < -0.3 is 9.80 Å². The Kier molecular flexibility index (Phi) is 7.21. The van der Waals surface area contributed by atoms with E-state index in [4.69, 9.17) is 12.2 Å². The highest BCUT2D eigenvalue weighted by molar-refractivity contribution is 8.23. The molecule has 0 fully saturated rings. The topological polar surface area (TPSA) is 23.6 Å². The number of hydrogen-bond donors (Lipinski definition) is 0. The van der Waals surface area contributed by atoms with E-state index in [9.17, 15) is 4.79 Å². The predicted molar refractivity (Wildman–Crippen MR) is 122 cm³/mol. The van der Waals surface area contributed by atoms with Crippen molar-refractivity contribution in [2.75, 3.05) is 29.5 Å². The number of thiocarbonyl (C=S) groups is 1. The van der Waals surface area contributed by atoms with Gasteiger partial charge in [0.1, 0.15) is 4.32 Å². The summed E-state index contributed by atoms with van der Waals surface area (Å²) in [7, 11) is 0. The van der Waals surface area contributed by atoms with Gasteiger partial charge >= 0.3 is 0 Å². The molecule has 0 bridgehead atoms. The zero-order valence-corrected chi connectivity index (χ0v) is 18.1. The third-order valence-electron chi connectivity index (χ3n) is 4.63. The molecule has 1 amide bonds. The number of thioether (sulfide) groups is 2. The minimum atomic E-state index is 0.0428. The number of nitrogens with zero attached hydrogens (tertiary/aromatic N) is 2. The summed E-state index contributed by atoms with van der Waals surface area (Å²) in [6.45, 7) is 5.90. The Balaban J connectivity index is 1.84. The van der Waals surface area contributed by atoms with Crippen LogP contribution in [-0.2, 0) is 4.79 Å². The van der Waals surface area contributed by atoms with Gasteiger partial charge in [-0.3, -0.25) is 4.79 Å². The summed E-state index contributed by atoms with van der Waals surface area (Å²) in [6, 6.07) is 18.5. The van der Waals surface area contributed by atoms with Crippen molar-refractivity contribution in [3.8, 4) is 0 Å². The molecule has 2 aromatic rings. The normalized spacial score (nSPS) is 15.9. The smallest absolute Gasteiger partial charge is 0.238 e. The van der Waals surface area contributed by atoms with Crippen molar-refractivity contribution in [3.63, 3.8) is 0 Å². The molecule has 142 valence electrons. The van der Waals surface area contributed by atoms with E-state index in [0.29, 0.717) is 5.75 Å². The number of fused-ring (bicyclic) bond motifs is 1. The molecule has 1 aliphatic rings. The van der Waals surface area contributed by atoms with Crippen LogP contribution in [0.1, 0.15) is 25.5 Å². The van der Waals surface area contributed by atoms with E-state index in [1.165, 1.54) is 17.3 Å². The van der Waals surface area contributed by atoms with Crippen LogP contribution in [0.3, 0.4) is 0 Å². The number of carbonyl (C=O) groups excluding carboxylic acids is 1. The zero-order chi connectivity index (χ0) is 19.2. The van der Waals surface area contributed by atoms with E-state index in [1.807, 2.05) is 53.1 Å². The average molecular weight is 417 g/mol. The second-order valence-electron chi connectivity index (χ2n) is 6.20. The fraction of sp³-hybridized carbons (Fsp3) is 0.333. The molecular formula is C21H24N2OS3. The molecule has 0 aliphatic carbocycles. The Morgan fingerprint density at radius 1 is 1.15 bits per heavy atom. The van der Waals surface area contributed by atoms with Gasteiger partial charge in [0.05, 0.1) is 17.5 Å². The van der Waals surface area contributed by atoms with Crippen LogP contribution in [0.25, 0.3) is 0 Å². The second kappa shape index (κ2) is 9.62. The molecule has 27 heavy (non-hydrogen) atoms. The van der Waals surface area contributed by atoms with Gasteiger partial charge in [0.25, 0.3) is 0 Å². The van der Waals surface area contributed by atoms with Crippen molar-refractivity contribution in [1.82, 2.24) is 4.90 Å². The van der Waals surface area contributed by atoms with E-state index in [2.05, 4.69) is 36.9 Å². The summed E-state index contributed by atoms with van der Waals surface area (Å²) in [5.41, 5.74) is 2.17. The molecule has 3 nitrogen and oxygen atoms in total. The molecule has 1 aliphatic heterocycles. The molecule has 1 atom stereocenters. The zero-order valence-electron chi connectivity index (χ0n) is 15.6. The lowest BCUT2D eigenvalue weighted by atomic mass is 10.1. The van der Waals surface area contributed by atoms with E-state index in [0.717, 1.165) is 33.7 Å². The van der Waals surface area contributed by atoms with Gasteiger partial charge in [0, 0.05) is 23.7 Å². The summed E-state index contributed by atoms with van der Waals surface area (Å²) < 4.78 is 0.796. The molecule has 3 rings (SSSR count). The Bertz CT molecular complexity index is 793. The molecule has 2 aromatic carbocycles. The molecule has 0 spiro atoms. The third-order valence-corrected chi connectivity index (χ3v) is 7.27. The van der Waals surface area contributed by atoms with Crippen LogP contribution in [0.2, 0.25) is 0 Å². The van der Waals surface area contributed by atoms with Gasteiger partial charge in [-0.2, -0.15) is 0 Å². The molecule has 0 aromatic heterocycles. The number of rotatable bonds is 5. The van der Waals surface area contributed by atoms with Gasteiger partial charge in [-0.15, -0.1) is 11.8 Å². The molecule has 0 N–H and O–H groups in total. The Morgan fingerprint density at radius 3 is 2.52 bits per heavy atom. The Hall–Kier alpha value is -1.50. The molecule has 0 radical (unpaired) electrons. The summed E-state index contributed by atoms with van der Waals surface area (Å²) in [6.07, 6.45) is 0. The van der Waals surface area contributed by atoms with Crippen molar-refractivity contribution < 1.29 is 4.79 Å². The number of amides is 1. The summed E-state index contributed by atoms with van der Waals surface area (Å²) >= 11 is 8.79. The first-order valence-electron chi connectivity index (χ1n) is 9.16. The first-order chi connectivity index (χ1) is 13.2. The highest BCUT2D eigenvalue weighted by Gasteiger charge is 2.32.